The van der Waals surface area contributed by atoms with Crippen molar-refractivity contribution in [3.63, 3.8) is 0 Å². The minimum Gasteiger partial charge on any atom is -0.336 e. The third-order valence-corrected chi connectivity index (χ3v) is 3.99. The number of piperazine rings is 1. The van der Waals surface area contributed by atoms with Crippen molar-refractivity contribution >= 4 is 5.91 Å². The molecule has 0 saturated carbocycles. The Kier molecular flexibility index (Phi) is 4.49. The highest BCUT2D eigenvalue weighted by molar-refractivity contribution is 5.94. The maximum absolute atomic E-state index is 12.5. The second-order valence-corrected chi connectivity index (χ2v) is 5.63. The fourth-order valence-corrected chi connectivity index (χ4v) is 2.69. The maximum atomic E-state index is 12.5. The average molecular weight is 294 g/mol. The van der Waals surface area contributed by atoms with Crippen LogP contribution in [0.15, 0.2) is 48.8 Å². The summed E-state index contributed by atoms with van der Waals surface area (Å²) in [5, 5.41) is 0. The molecule has 1 saturated heterocycles. The summed E-state index contributed by atoms with van der Waals surface area (Å²) >= 11 is 0. The molecule has 1 aliphatic rings. The molecule has 22 heavy (non-hydrogen) atoms. The van der Waals surface area contributed by atoms with E-state index in [9.17, 15) is 4.79 Å². The Hall–Kier alpha value is -2.20. The van der Waals surface area contributed by atoms with Crippen molar-refractivity contribution in [3.8, 4) is 0 Å². The van der Waals surface area contributed by atoms with Gasteiger partial charge in [0.2, 0.25) is 0 Å². The molecule has 0 N–H and O–H groups in total. The van der Waals surface area contributed by atoms with Gasteiger partial charge in [-0.15, -0.1) is 0 Å². The number of hydrogen-bond donors (Lipinski definition) is 0. The molecule has 3 rings (SSSR count). The summed E-state index contributed by atoms with van der Waals surface area (Å²) in [6, 6.07) is 11.5. The maximum Gasteiger partial charge on any atom is 0.253 e. The van der Waals surface area contributed by atoms with E-state index >= 15 is 0 Å². The average Bonchev–Trinajstić information content (AvgIpc) is 2.57. The Bertz CT molecular complexity index is 617. The van der Waals surface area contributed by atoms with Crippen molar-refractivity contribution in [1.82, 2.24) is 14.8 Å². The SMILES string of the molecule is [CH2]c1ccc(C(=O)N2CCN(Cc3cccnc3)CC2)cc1. The molecular weight excluding hydrogens is 274 g/mol. The van der Waals surface area contributed by atoms with Gasteiger partial charge in [-0.3, -0.25) is 14.7 Å². The predicted octanol–water partition coefficient (Wildman–Crippen LogP) is 2.22. The molecule has 0 unspecified atom stereocenters. The van der Waals surface area contributed by atoms with Crippen molar-refractivity contribution < 1.29 is 4.79 Å². The summed E-state index contributed by atoms with van der Waals surface area (Å²) in [7, 11) is 0. The molecule has 113 valence electrons. The fourth-order valence-electron chi connectivity index (χ4n) is 2.69. The molecule has 0 spiro atoms. The number of nitrogens with zero attached hydrogens (tertiary/aromatic N) is 3. The molecule has 2 heterocycles. The third-order valence-electron chi connectivity index (χ3n) is 3.99. The lowest BCUT2D eigenvalue weighted by Crippen LogP contribution is -2.48. The van der Waals surface area contributed by atoms with E-state index in [2.05, 4.69) is 22.9 Å². The van der Waals surface area contributed by atoms with E-state index in [0.29, 0.717) is 0 Å². The summed E-state index contributed by atoms with van der Waals surface area (Å²) in [5.74, 6) is 0.112. The van der Waals surface area contributed by atoms with E-state index in [4.69, 9.17) is 0 Å². The second-order valence-electron chi connectivity index (χ2n) is 5.63. The molecule has 0 bridgehead atoms. The van der Waals surface area contributed by atoms with Crippen molar-refractivity contribution in [3.05, 3.63) is 72.4 Å². The summed E-state index contributed by atoms with van der Waals surface area (Å²) in [4.78, 5) is 20.9. The second kappa shape index (κ2) is 6.71. The van der Waals surface area contributed by atoms with E-state index in [0.717, 1.165) is 43.9 Å². The molecular formula is C18H20N3O. The molecule has 4 nitrogen and oxygen atoms in total. The molecule has 2 aromatic rings. The van der Waals surface area contributed by atoms with E-state index in [1.165, 1.54) is 5.56 Å². The Labute approximate surface area is 131 Å². The van der Waals surface area contributed by atoms with Crippen molar-refractivity contribution in [2.24, 2.45) is 0 Å². The van der Waals surface area contributed by atoms with Crippen LogP contribution in [0.5, 0.6) is 0 Å². The predicted molar refractivity (Wildman–Crippen MR) is 86.3 cm³/mol. The molecule has 0 atom stereocenters. The van der Waals surface area contributed by atoms with Gasteiger partial charge < -0.3 is 4.90 Å². The fraction of sp³-hybridized carbons (Fsp3) is 0.278. The van der Waals surface area contributed by atoms with Crippen LogP contribution in [0.3, 0.4) is 0 Å². The van der Waals surface area contributed by atoms with Crippen LogP contribution in [0.25, 0.3) is 0 Å². The van der Waals surface area contributed by atoms with E-state index in [-0.39, 0.29) is 5.91 Å². The van der Waals surface area contributed by atoms with Gasteiger partial charge in [0.15, 0.2) is 0 Å². The van der Waals surface area contributed by atoms with Crippen LogP contribution in [0, 0.1) is 6.92 Å². The largest absolute Gasteiger partial charge is 0.336 e. The topological polar surface area (TPSA) is 36.4 Å². The van der Waals surface area contributed by atoms with Gasteiger partial charge in [-0.2, -0.15) is 0 Å². The van der Waals surface area contributed by atoms with Gasteiger partial charge in [0, 0.05) is 50.7 Å². The van der Waals surface area contributed by atoms with Crippen LogP contribution in [0.4, 0.5) is 0 Å². The van der Waals surface area contributed by atoms with Gasteiger partial charge in [-0.25, -0.2) is 0 Å². The zero-order valence-electron chi connectivity index (χ0n) is 12.6. The normalized spacial score (nSPS) is 15.8. The zero-order valence-corrected chi connectivity index (χ0v) is 12.6. The molecule has 1 amide bonds. The first-order valence-corrected chi connectivity index (χ1v) is 7.55. The van der Waals surface area contributed by atoms with Gasteiger partial charge in [-0.1, -0.05) is 18.2 Å². The van der Waals surface area contributed by atoms with Crippen LogP contribution in [0.1, 0.15) is 21.5 Å². The van der Waals surface area contributed by atoms with Gasteiger partial charge in [-0.05, 0) is 36.2 Å². The lowest BCUT2D eigenvalue weighted by molar-refractivity contribution is 0.0628. The Morgan fingerprint density at radius 3 is 2.45 bits per heavy atom. The minimum absolute atomic E-state index is 0.112. The summed E-state index contributed by atoms with van der Waals surface area (Å²) in [6.45, 7) is 8.07. The molecule has 4 heteroatoms. The number of aromatic nitrogens is 1. The first kappa shape index (κ1) is 14.7. The Balaban J connectivity index is 1.55. The highest BCUT2D eigenvalue weighted by Gasteiger charge is 2.21. The van der Waals surface area contributed by atoms with Crippen LogP contribution in [-0.2, 0) is 6.54 Å². The molecule has 1 fully saturated rings. The third kappa shape index (κ3) is 3.52. The highest BCUT2D eigenvalue weighted by Crippen LogP contribution is 2.12. The molecule has 1 aromatic carbocycles. The number of carbonyl (C=O) groups is 1. The number of benzene rings is 1. The standard InChI is InChI=1S/C18H20N3O/c1-15-4-6-17(7-5-15)18(22)21-11-9-20(10-12-21)14-16-3-2-8-19-13-16/h2-8,13H,1,9-12,14H2. The zero-order chi connectivity index (χ0) is 15.4. The smallest absolute Gasteiger partial charge is 0.253 e. The molecule has 0 aliphatic carbocycles. The number of rotatable bonds is 3. The van der Waals surface area contributed by atoms with Crippen LogP contribution < -0.4 is 0 Å². The number of pyridine rings is 1. The Morgan fingerprint density at radius 1 is 1.09 bits per heavy atom. The van der Waals surface area contributed by atoms with Crippen LogP contribution in [-0.4, -0.2) is 46.9 Å². The van der Waals surface area contributed by atoms with Gasteiger partial charge in [0.05, 0.1) is 0 Å². The minimum atomic E-state index is 0.112. The number of carbonyl (C=O) groups excluding carboxylic acids is 1. The highest BCUT2D eigenvalue weighted by atomic mass is 16.2. The quantitative estimate of drug-likeness (QED) is 0.871. The molecule has 1 radical (unpaired) electrons. The monoisotopic (exact) mass is 294 g/mol. The summed E-state index contributed by atoms with van der Waals surface area (Å²) < 4.78 is 0. The van der Waals surface area contributed by atoms with Gasteiger partial charge in [0.25, 0.3) is 5.91 Å². The van der Waals surface area contributed by atoms with Crippen LogP contribution in [0.2, 0.25) is 0 Å². The molecule has 1 aromatic heterocycles. The summed E-state index contributed by atoms with van der Waals surface area (Å²) in [6.07, 6.45) is 3.69. The molecule has 1 aliphatic heterocycles. The van der Waals surface area contributed by atoms with Crippen molar-refractivity contribution in [2.45, 2.75) is 6.54 Å². The number of hydrogen-bond acceptors (Lipinski definition) is 3. The van der Waals surface area contributed by atoms with E-state index < -0.39 is 0 Å². The first-order chi connectivity index (χ1) is 10.7. The van der Waals surface area contributed by atoms with Crippen LogP contribution >= 0.6 is 0 Å². The number of amides is 1. The van der Waals surface area contributed by atoms with E-state index in [1.807, 2.05) is 41.4 Å². The first-order valence-electron chi connectivity index (χ1n) is 7.55. The van der Waals surface area contributed by atoms with Gasteiger partial charge >= 0.3 is 0 Å². The van der Waals surface area contributed by atoms with E-state index in [1.54, 1.807) is 6.20 Å². The van der Waals surface area contributed by atoms with Crippen molar-refractivity contribution in [2.75, 3.05) is 26.2 Å². The summed E-state index contributed by atoms with van der Waals surface area (Å²) in [5.41, 5.74) is 2.89. The van der Waals surface area contributed by atoms with Crippen molar-refractivity contribution in [1.29, 1.82) is 0 Å². The lowest BCUT2D eigenvalue weighted by atomic mass is 10.1. The lowest BCUT2D eigenvalue weighted by Gasteiger charge is -2.34. The Morgan fingerprint density at radius 2 is 1.82 bits per heavy atom. The van der Waals surface area contributed by atoms with Gasteiger partial charge in [0.1, 0.15) is 0 Å².